The molecule has 0 spiro atoms. The lowest BCUT2D eigenvalue weighted by Gasteiger charge is -2.14. The lowest BCUT2D eigenvalue weighted by Crippen LogP contribution is -2.10. The summed E-state index contributed by atoms with van der Waals surface area (Å²) in [7, 11) is 0. The number of hydrogen-bond donors (Lipinski definition) is 2. The molecule has 5 nitrogen and oxygen atoms in total. The van der Waals surface area contributed by atoms with Gasteiger partial charge in [0, 0.05) is 12.1 Å². The fourth-order valence-corrected chi connectivity index (χ4v) is 2.30. The Morgan fingerprint density at radius 3 is 2.29 bits per heavy atom. The second kappa shape index (κ2) is 7.15. The van der Waals surface area contributed by atoms with Crippen LogP contribution >= 0.6 is 0 Å². The number of aliphatic hydroxyl groups is 1. The third kappa shape index (κ3) is 3.37. The molecule has 0 amide bonds. The van der Waals surface area contributed by atoms with Crippen LogP contribution in [0.4, 0.5) is 0 Å². The van der Waals surface area contributed by atoms with Gasteiger partial charge in [-0.15, -0.1) is 5.10 Å². The number of rotatable bonds is 6. The van der Waals surface area contributed by atoms with Crippen molar-refractivity contribution < 1.29 is 9.84 Å². The number of nitrogens with zero attached hydrogens (tertiary/aromatic N) is 2. The summed E-state index contributed by atoms with van der Waals surface area (Å²) < 4.78 is 5.81. The number of benzene rings is 1. The molecule has 0 saturated carbocycles. The average molecular weight is 287 g/mol. The minimum Gasteiger partial charge on any atom is -0.437 e. The maximum absolute atomic E-state index is 9.05. The van der Waals surface area contributed by atoms with Gasteiger partial charge in [-0.25, -0.2) is 0 Å². The largest absolute Gasteiger partial charge is 0.437 e. The van der Waals surface area contributed by atoms with Crippen LogP contribution in [0.25, 0.3) is 0 Å². The van der Waals surface area contributed by atoms with E-state index in [-0.39, 0.29) is 6.61 Å². The normalized spacial score (nSPS) is 10.7. The van der Waals surface area contributed by atoms with E-state index >= 15 is 0 Å². The van der Waals surface area contributed by atoms with Crippen molar-refractivity contribution in [2.75, 3.05) is 0 Å². The Bertz CT molecular complexity index is 597. The van der Waals surface area contributed by atoms with Crippen LogP contribution in [0.5, 0.6) is 11.6 Å². The molecular weight excluding hydrogens is 266 g/mol. The molecule has 0 bridgehead atoms. The summed E-state index contributed by atoms with van der Waals surface area (Å²) >= 11 is 0. The van der Waals surface area contributed by atoms with Crippen LogP contribution in [-0.2, 0) is 26.0 Å². The van der Waals surface area contributed by atoms with Crippen molar-refractivity contribution in [1.29, 1.82) is 0 Å². The molecule has 5 heteroatoms. The van der Waals surface area contributed by atoms with Crippen molar-refractivity contribution in [3.8, 4) is 11.6 Å². The summed E-state index contributed by atoms with van der Waals surface area (Å²) in [5, 5.41) is 17.4. The predicted octanol–water partition coefficient (Wildman–Crippen LogP) is 2.34. The van der Waals surface area contributed by atoms with E-state index in [2.05, 4.69) is 24.0 Å². The molecule has 0 radical (unpaired) electrons. The van der Waals surface area contributed by atoms with E-state index < -0.39 is 0 Å². The molecule has 112 valence electrons. The van der Waals surface area contributed by atoms with E-state index in [1.807, 2.05) is 12.1 Å². The van der Waals surface area contributed by atoms with E-state index in [4.69, 9.17) is 15.6 Å². The molecule has 1 heterocycles. The van der Waals surface area contributed by atoms with Crippen molar-refractivity contribution in [3.63, 3.8) is 0 Å². The van der Waals surface area contributed by atoms with Crippen LogP contribution in [0.2, 0.25) is 0 Å². The van der Waals surface area contributed by atoms with Crippen LogP contribution in [0.1, 0.15) is 36.2 Å². The van der Waals surface area contributed by atoms with Gasteiger partial charge in [-0.3, -0.25) is 0 Å². The summed E-state index contributed by atoms with van der Waals surface area (Å²) in [6.45, 7) is 4.52. The van der Waals surface area contributed by atoms with Gasteiger partial charge in [-0.2, -0.15) is 5.10 Å². The number of nitrogens with two attached hydrogens (primary N) is 1. The summed E-state index contributed by atoms with van der Waals surface area (Å²) in [4.78, 5) is 0. The van der Waals surface area contributed by atoms with Crippen molar-refractivity contribution in [2.24, 2.45) is 5.73 Å². The van der Waals surface area contributed by atoms with E-state index in [1.54, 1.807) is 12.1 Å². The standard InChI is InChI=1S/C16H21N3O2/c1-3-13-14(9-17)16(19-18-15(13)4-2)21-12-7-5-11(10-20)6-8-12/h5-8,20H,3-4,9-10,17H2,1-2H3. The first-order valence-electron chi connectivity index (χ1n) is 7.18. The summed E-state index contributed by atoms with van der Waals surface area (Å²) in [5.74, 6) is 1.12. The Hall–Kier alpha value is -1.98. The van der Waals surface area contributed by atoms with E-state index in [1.165, 1.54) is 0 Å². The minimum atomic E-state index is 0.0132. The maximum Gasteiger partial charge on any atom is 0.243 e. The average Bonchev–Trinajstić information content (AvgIpc) is 2.54. The monoisotopic (exact) mass is 287 g/mol. The van der Waals surface area contributed by atoms with Crippen LogP contribution in [0.3, 0.4) is 0 Å². The topological polar surface area (TPSA) is 81.3 Å². The molecule has 0 aliphatic rings. The molecule has 0 aliphatic heterocycles. The summed E-state index contributed by atoms with van der Waals surface area (Å²) in [5.41, 5.74) is 9.71. The van der Waals surface area contributed by atoms with Gasteiger partial charge in [0.25, 0.3) is 0 Å². The van der Waals surface area contributed by atoms with Gasteiger partial charge in [0.2, 0.25) is 5.88 Å². The number of hydrogen-bond acceptors (Lipinski definition) is 5. The Labute approximate surface area is 124 Å². The molecular formula is C16H21N3O2. The number of aromatic nitrogens is 2. The van der Waals surface area contributed by atoms with Gasteiger partial charge in [-0.05, 0) is 36.1 Å². The first-order valence-corrected chi connectivity index (χ1v) is 7.18. The van der Waals surface area contributed by atoms with E-state index in [9.17, 15) is 0 Å². The molecule has 21 heavy (non-hydrogen) atoms. The zero-order valence-corrected chi connectivity index (χ0v) is 12.5. The zero-order chi connectivity index (χ0) is 15.2. The minimum absolute atomic E-state index is 0.0132. The van der Waals surface area contributed by atoms with Crippen molar-refractivity contribution in [2.45, 2.75) is 39.8 Å². The maximum atomic E-state index is 9.05. The lowest BCUT2D eigenvalue weighted by molar-refractivity contribution is 0.281. The molecule has 0 saturated heterocycles. The van der Waals surface area contributed by atoms with Crippen molar-refractivity contribution in [1.82, 2.24) is 10.2 Å². The van der Waals surface area contributed by atoms with Crippen LogP contribution in [-0.4, -0.2) is 15.3 Å². The number of ether oxygens (including phenoxy) is 1. The van der Waals surface area contributed by atoms with Gasteiger partial charge in [0.15, 0.2) is 0 Å². The van der Waals surface area contributed by atoms with Gasteiger partial charge < -0.3 is 15.6 Å². The SMILES string of the molecule is CCc1nnc(Oc2ccc(CO)cc2)c(CN)c1CC. The molecule has 0 unspecified atom stereocenters. The molecule has 2 aromatic rings. The van der Waals surface area contributed by atoms with Crippen LogP contribution in [0, 0.1) is 0 Å². The number of aliphatic hydroxyl groups excluding tert-OH is 1. The van der Waals surface area contributed by atoms with Crippen LogP contribution in [0.15, 0.2) is 24.3 Å². The first kappa shape index (κ1) is 15.4. The molecule has 1 aromatic heterocycles. The Morgan fingerprint density at radius 1 is 1.05 bits per heavy atom. The molecule has 0 atom stereocenters. The Balaban J connectivity index is 2.34. The van der Waals surface area contributed by atoms with Gasteiger partial charge in [0.1, 0.15) is 5.75 Å². The highest BCUT2D eigenvalue weighted by Gasteiger charge is 2.15. The quantitative estimate of drug-likeness (QED) is 0.852. The highest BCUT2D eigenvalue weighted by Crippen LogP contribution is 2.27. The number of aryl methyl sites for hydroxylation is 1. The second-order valence-electron chi connectivity index (χ2n) is 4.72. The summed E-state index contributed by atoms with van der Waals surface area (Å²) in [6, 6.07) is 7.22. The van der Waals surface area contributed by atoms with Gasteiger partial charge in [0.05, 0.1) is 12.3 Å². The molecule has 0 aliphatic carbocycles. The fraction of sp³-hybridized carbons (Fsp3) is 0.375. The van der Waals surface area contributed by atoms with Crippen molar-refractivity contribution in [3.05, 3.63) is 46.6 Å². The third-order valence-electron chi connectivity index (χ3n) is 3.45. The molecule has 2 rings (SSSR count). The smallest absolute Gasteiger partial charge is 0.243 e. The van der Waals surface area contributed by atoms with Gasteiger partial charge >= 0.3 is 0 Å². The third-order valence-corrected chi connectivity index (χ3v) is 3.45. The fourth-order valence-electron chi connectivity index (χ4n) is 2.30. The van der Waals surface area contributed by atoms with Crippen molar-refractivity contribution >= 4 is 0 Å². The van der Waals surface area contributed by atoms with Gasteiger partial charge in [-0.1, -0.05) is 26.0 Å². The Morgan fingerprint density at radius 2 is 1.76 bits per heavy atom. The highest BCUT2D eigenvalue weighted by atomic mass is 16.5. The lowest BCUT2D eigenvalue weighted by atomic mass is 10.0. The van der Waals surface area contributed by atoms with E-state index in [0.29, 0.717) is 18.2 Å². The zero-order valence-electron chi connectivity index (χ0n) is 12.5. The Kier molecular flexibility index (Phi) is 5.25. The second-order valence-corrected chi connectivity index (χ2v) is 4.72. The molecule has 1 aromatic carbocycles. The predicted molar refractivity (Wildman–Crippen MR) is 81.1 cm³/mol. The first-order chi connectivity index (χ1) is 10.2. The summed E-state index contributed by atoms with van der Waals surface area (Å²) in [6.07, 6.45) is 1.68. The molecule has 3 N–H and O–H groups in total. The van der Waals surface area contributed by atoms with E-state index in [0.717, 1.165) is 35.2 Å². The highest BCUT2D eigenvalue weighted by molar-refractivity contribution is 5.39. The van der Waals surface area contributed by atoms with Crippen LogP contribution < -0.4 is 10.5 Å². The molecule has 0 fully saturated rings.